The zero-order chi connectivity index (χ0) is 21.8. The molecule has 2 aliphatic heterocycles. The van der Waals surface area contributed by atoms with E-state index < -0.39 is 5.50 Å². The van der Waals surface area contributed by atoms with Gasteiger partial charge in [0.05, 0.1) is 37.3 Å². The van der Waals surface area contributed by atoms with E-state index >= 15 is 0 Å². The second-order valence-electron chi connectivity index (χ2n) is 7.10. The molecule has 4 rings (SSSR count). The lowest BCUT2D eigenvalue weighted by Crippen LogP contribution is -2.63. The molecule has 4 N–H and O–H groups in total. The summed E-state index contributed by atoms with van der Waals surface area (Å²) in [6.45, 7) is 0.548. The van der Waals surface area contributed by atoms with Gasteiger partial charge in [-0.2, -0.15) is 0 Å². The number of carbonyl (C=O) groups excluding carboxylic acids is 2. The molecule has 0 bridgehead atoms. The van der Waals surface area contributed by atoms with Crippen molar-refractivity contribution in [1.29, 1.82) is 0 Å². The van der Waals surface area contributed by atoms with Gasteiger partial charge in [0.25, 0.3) is 0 Å². The first-order valence-corrected chi connectivity index (χ1v) is 10.9. The maximum atomic E-state index is 12.6. The molecule has 2 heterocycles. The van der Waals surface area contributed by atoms with Crippen LogP contribution in [0.5, 0.6) is 11.5 Å². The Labute approximate surface area is 184 Å². The Morgan fingerprint density at radius 3 is 2.74 bits per heavy atom. The number of hydrogen-bond donors (Lipinski definition) is 4. The van der Waals surface area contributed by atoms with E-state index in [-0.39, 0.29) is 29.7 Å². The molecular weight excluding hydrogens is 418 g/mol. The lowest BCUT2D eigenvalue weighted by atomic mass is 10.1. The molecule has 0 aliphatic carbocycles. The van der Waals surface area contributed by atoms with Gasteiger partial charge in [-0.05, 0) is 24.3 Å². The molecule has 2 aromatic carbocycles. The summed E-state index contributed by atoms with van der Waals surface area (Å²) in [5.41, 5.74) is 4.40. The number of nitrogens with one attached hydrogen (secondary N) is 4. The van der Waals surface area contributed by atoms with Crippen LogP contribution in [0.25, 0.3) is 0 Å². The largest absolute Gasteiger partial charge is 0.497 e. The molecule has 0 radical (unpaired) electrons. The van der Waals surface area contributed by atoms with Crippen molar-refractivity contribution in [2.45, 2.75) is 11.7 Å². The molecule has 9 nitrogen and oxygen atoms in total. The van der Waals surface area contributed by atoms with Crippen LogP contribution >= 0.6 is 11.8 Å². The van der Waals surface area contributed by atoms with E-state index in [4.69, 9.17) is 9.47 Å². The van der Waals surface area contributed by atoms with Crippen LogP contribution in [0.4, 0.5) is 11.4 Å². The van der Waals surface area contributed by atoms with Gasteiger partial charge in [-0.3, -0.25) is 19.9 Å². The molecule has 0 spiro atoms. The van der Waals surface area contributed by atoms with Crippen molar-refractivity contribution in [2.75, 3.05) is 36.8 Å². The monoisotopic (exact) mass is 443 g/mol. The van der Waals surface area contributed by atoms with Crippen LogP contribution in [0, 0.1) is 5.92 Å². The number of para-hydroxylation sites is 1. The highest BCUT2D eigenvalue weighted by molar-refractivity contribution is 8.00. The number of carbonyl (C=O) groups is 2. The number of methoxy groups -OCH3 is 2. The topological polar surface area (TPSA) is 104 Å². The van der Waals surface area contributed by atoms with E-state index in [1.165, 1.54) is 18.9 Å². The standard InChI is InChI=1S/C21H25N5O4S/c1-29-14-8-9-17(30-2)16(10-14)23-18(27)12-31-21-24-19-15(20(28)25-21)11-22-26(19)13-6-4-3-5-7-13/h3-10,15,19,21-22,24H,11-12H2,1-2H3,(H,23,27)(H,25,28). The first-order chi connectivity index (χ1) is 15.1. The highest BCUT2D eigenvalue weighted by atomic mass is 32.2. The fourth-order valence-corrected chi connectivity index (χ4v) is 4.46. The number of benzene rings is 2. The van der Waals surface area contributed by atoms with Crippen molar-refractivity contribution >= 4 is 35.0 Å². The number of nitrogens with zero attached hydrogens (tertiary/aromatic N) is 1. The average Bonchev–Trinajstić information content (AvgIpc) is 3.23. The molecule has 2 amide bonds. The number of hydrogen-bond acceptors (Lipinski definition) is 8. The van der Waals surface area contributed by atoms with Crippen LogP contribution in [-0.2, 0) is 9.59 Å². The van der Waals surface area contributed by atoms with Gasteiger partial charge in [-0.15, -0.1) is 11.8 Å². The van der Waals surface area contributed by atoms with Gasteiger partial charge in [-0.1, -0.05) is 18.2 Å². The van der Waals surface area contributed by atoms with Crippen molar-refractivity contribution < 1.29 is 19.1 Å². The van der Waals surface area contributed by atoms with Crippen LogP contribution in [-0.4, -0.2) is 50.0 Å². The minimum atomic E-state index is -0.391. The van der Waals surface area contributed by atoms with E-state index in [0.29, 0.717) is 23.7 Å². The Hall–Kier alpha value is -2.95. The Balaban J connectivity index is 1.37. The van der Waals surface area contributed by atoms with Gasteiger partial charge < -0.3 is 20.1 Å². The third-order valence-corrected chi connectivity index (χ3v) is 6.19. The van der Waals surface area contributed by atoms with Gasteiger partial charge in [0.2, 0.25) is 11.8 Å². The summed E-state index contributed by atoms with van der Waals surface area (Å²) < 4.78 is 10.5. The number of fused-ring (bicyclic) bond motifs is 1. The average molecular weight is 444 g/mol. The first-order valence-electron chi connectivity index (χ1n) is 9.86. The maximum absolute atomic E-state index is 12.6. The minimum absolute atomic E-state index is 0.0398. The van der Waals surface area contributed by atoms with Crippen LogP contribution in [0.1, 0.15) is 0 Å². The van der Waals surface area contributed by atoms with E-state index in [1.54, 1.807) is 25.3 Å². The summed E-state index contributed by atoms with van der Waals surface area (Å²) in [4.78, 5) is 25.1. The van der Waals surface area contributed by atoms with Crippen molar-refractivity contribution in [3.63, 3.8) is 0 Å². The number of hydrazine groups is 1. The molecule has 31 heavy (non-hydrogen) atoms. The minimum Gasteiger partial charge on any atom is -0.497 e. The van der Waals surface area contributed by atoms with Crippen molar-refractivity contribution in [1.82, 2.24) is 16.1 Å². The van der Waals surface area contributed by atoms with Crippen LogP contribution in [0.2, 0.25) is 0 Å². The first kappa shape index (κ1) is 21.3. The normalized spacial score (nSPS) is 22.5. The molecule has 3 unspecified atom stereocenters. The lowest BCUT2D eigenvalue weighted by molar-refractivity contribution is -0.127. The zero-order valence-electron chi connectivity index (χ0n) is 17.3. The van der Waals surface area contributed by atoms with E-state index in [2.05, 4.69) is 21.4 Å². The molecule has 2 aromatic rings. The van der Waals surface area contributed by atoms with Crippen LogP contribution in [0.3, 0.4) is 0 Å². The summed E-state index contributed by atoms with van der Waals surface area (Å²) in [5, 5.41) is 11.2. The third kappa shape index (κ3) is 4.71. The maximum Gasteiger partial charge on any atom is 0.234 e. The Kier molecular flexibility index (Phi) is 6.50. The van der Waals surface area contributed by atoms with Gasteiger partial charge in [0.1, 0.15) is 23.2 Å². The molecule has 2 aliphatic rings. The van der Waals surface area contributed by atoms with E-state index in [1.807, 2.05) is 35.3 Å². The predicted octanol–water partition coefficient (Wildman–Crippen LogP) is 1.35. The SMILES string of the molecule is COc1ccc(OC)c(NC(=O)CSC2NC(=O)C3CNN(c4ccccc4)C3N2)c1. The highest BCUT2D eigenvalue weighted by Crippen LogP contribution is 2.30. The van der Waals surface area contributed by atoms with Crippen molar-refractivity contribution in [2.24, 2.45) is 5.92 Å². The second kappa shape index (κ2) is 9.46. The zero-order valence-corrected chi connectivity index (χ0v) is 18.1. The Morgan fingerprint density at radius 2 is 2.00 bits per heavy atom. The van der Waals surface area contributed by atoms with Gasteiger partial charge >= 0.3 is 0 Å². The number of anilines is 2. The number of ether oxygens (including phenoxy) is 2. The molecule has 2 saturated heterocycles. The summed E-state index contributed by atoms with van der Waals surface area (Å²) in [7, 11) is 3.10. The summed E-state index contributed by atoms with van der Waals surface area (Å²) >= 11 is 1.32. The Morgan fingerprint density at radius 1 is 1.19 bits per heavy atom. The van der Waals surface area contributed by atoms with Crippen LogP contribution < -0.4 is 35.9 Å². The smallest absolute Gasteiger partial charge is 0.234 e. The fraction of sp³-hybridized carbons (Fsp3) is 0.333. The predicted molar refractivity (Wildman–Crippen MR) is 120 cm³/mol. The summed E-state index contributed by atoms with van der Waals surface area (Å²) in [6.07, 6.45) is -0.199. The quantitative estimate of drug-likeness (QED) is 0.509. The molecule has 10 heteroatoms. The summed E-state index contributed by atoms with van der Waals surface area (Å²) in [5.74, 6) is 0.842. The number of thioether (sulfide) groups is 1. The lowest BCUT2D eigenvalue weighted by Gasteiger charge is -2.37. The van der Waals surface area contributed by atoms with E-state index in [0.717, 1.165) is 5.69 Å². The van der Waals surface area contributed by atoms with Crippen molar-refractivity contribution in [3.8, 4) is 11.5 Å². The number of rotatable bonds is 7. The van der Waals surface area contributed by atoms with Gasteiger partial charge in [-0.25, -0.2) is 5.43 Å². The second-order valence-corrected chi connectivity index (χ2v) is 8.19. The molecule has 0 aromatic heterocycles. The number of amides is 2. The molecular formula is C21H25N5O4S. The van der Waals surface area contributed by atoms with Crippen molar-refractivity contribution in [3.05, 3.63) is 48.5 Å². The molecule has 164 valence electrons. The van der Waals surface area contributed by atoms with Gasteiger partial charge in [0.15, 0.2) is 0 Å². The fourth-order valence-electron chi connectivity index (χ4n) is 3.63. The Bertz CT molecular complexity index is 945. The molecule has 2 fully saturated rings. The molecule has 3 atom stereocenters. The highest BCUT2D eigenvalue weighted by Gasteiger charge is 2.44. The van der Waals surface area contributed by atoms with E-state index in [9.17, 15) is 9.59 Å². The summed E-state index contributed by atoms with van der Waals surface area (Å²) in [6, 6.07) is 15.0. The third-order valence-electron chi connectivity index (χ3n) is 5.17. The van der Waals surface area contributed by atoms with Gasteiger partial charge in [0, 0.05) is 12.6 Å². The van der Waals surface area contributed by atoms with Crippen LogP contribution in [0.15, 0.2) is 48.5 Å². The molecule has 0 saturated carbocycles.